The maximum atomic E-state index is 12.7. The minimum atomic E-state index is -1.21. The third kappa shape index (κ3) is 1.55. The number of carboxylic acids is 1. The number of anilines is 1. The van der Waals surface area contributed by atoms with Crippen molar-refractivity contribution < 1.29 is 19.4 Å². The first-order chi connectivity index (χ1) is 10.0. The van der Waals surface area contributed by atoms with Crippen LogP contribution in [0.25, 0.3) is 0 Å². The molecule has 1 spiro atoms. The van der Waals surface area contributed by atoms with Crippen LogP contribution in [0.15, 0.2) is 36.4 Å². The number of aryl methyl sites for hydroxylation is 1. The van der Waals surface area contributed by atoms with Gasteiger partial charge in [-0.1, -0.05) is 29.8 Å². The average Bonchev–Trinajstić information content (AvgIpc) is 3.08. The molecule has 0 aliphatic carbocycles. The van der Waals surface area contributed by atoms with Gasteiger partial charge in [0.2, 0.25) is 5.91 Å². The van der Waals surface area contributed by atoms with Crippen molar-refractivity contribution in [1.29, 1.82) is 0 Å². The molecule has 5 heteroatoms. The number of carbonyl (C=O) groups excluding carboxylic acids is 2. The number of fused-ring (bicyclic) bond motifs is 1. The molecule has 2 fully saturated rings. The zero-order valence-electron chi connectivity index (χ0n) is 11.5. The van der Waals surface area contributed by atoms with E-state index in [1.54, 1.807) is 11.0 Å². The number of benzene rings is 1. The second kappa shape index (κ2) is 3.95. The Morgan fingerprint density at radius 2 is 2.10 bits per heavy atom. The number of hydrogen-bond donors (Lipinski definition) is 0. The van der Waals surface area contributed by atoms with Crippen LogP contribution in [-0.2, 0) is 14.3 Å². The molecule has 108 valence electrons. The highest BCUT2D eigenvalue weighted by molar-refractivity contribution is 6.02. The van der Waals surface area contributed by atoms with E-state index in [0.29, 0.717) is 6.54 Å². The topological polar surface area (TPSA) is 69.7 Å². The molecule has 0 radical (unpaired) electrons. The van der Waals surface area contributed by atoms with Crippen molar-refractivity contribution in [3.8, 4) is 0 Å². The zero-order chi connectivity index (χ0) is 14.8. The molecule has 5 nitrogen and oxygen atoms in total. The van der Waals surface area contributed by atoms with E-state index in [1.807, 2.05) is 37.3 Å². The van der Waals surface area contributed by atoms with Crippen molar-refractivity contribution in [2.24, 2.45) is 11.8 Å². The normalized spacial score (nSPS) is 36.3. The van der Waals surface area contributed by atoms with E-state index in [-0.39, 0.29) is 5.91 Å². The lowest BCUT2D eigenvalue weighted by Crippen LogP contribution is -2.45. The fourth-order valence-corrected chi connectivity index (χ4v) is 3.71. The van der Waals surface area contributed by atoms with E-state index in [4.69, 9.17) is 4.74 Å². The minimum Gasteiger partial charge on any atom is -0.550 e. The van der Waals surface area contributed by atoms with Gasteiger partial charge in [0.25, 0.3) is 0 Å². The van der Waals surface area contributed by atoms with Crippen LogP contribution in [0, 0.1) is 18.8 Å². The molecule has 4 rings (SSSR count). The maximum Gasteiger partial charge on any atom is 0.234 e. The number of carbonyl (C=O) groups is 2. The monoisotopic (exact) mass is 284 g/mol. The van der Waals surface area contributed by atoms with Crippen LogP contribution in [-0.4, -0.2) is 30.1 Å². The number of aliphatic carboxylic acids is 1. The molecule has 0 unspecified atom stereocenters. The van der Waals surface area contributed by atoms with Crippen molar-refractivity contribution >= 4 is 17.6 Å². The number of ether oxygens (including phenoxy) is 1. The first-order valence-corrected chi connectivity index (χ1v) is 6.98. The lowest BCUT2D eigenvalue weighted by molar-refractivity contribution is -0.313. The summed E-state index contributed by atoms with van der Waals surface area (Å²) in [7, 11) is 0. The molecule has 3 heterocycles. The molecule has 1 amide bonds. The molecular formula is C16H14NO4-. The average molecular weight is 284 g/mol. The summed E-state index contributed by atoms with van der Waals surface area (Å²) in [5.74, 6) is -2.98. The lowest BCUT2D eigenvalue weighted by atomic mass is 9.77. The van der Waals surface area contributed by atoms with Crippen LogP contribution >= 0.6 is 0 Å². The van der Waals surface area contributed by atoms with Gasteiger partial charge in [0.15, 0.2) is 0 Å². The largest absolute Gasteiger partial charge is 0.550 e. The highest BCUT2D eigenvalue weighted by atomic mass is 16.5. The highest BCUT2D eigenvalue weighted by Crippen LogP contribution is 2.52. The molecule has 1 aromatic rings. The molecular weight excluding hydrogens is 270 g/mol. The van der Waals surface area contributed by atoms with Crippen molar-refractivity contribution in [3.05, 3.63) is 42.0 Å². The molecule has 2 saturated heterocycles. The molecule has 21 heavy (non-hydrogen) atoms. The van der Waals surface area contributed by atoms with Crippen molar-refractivity contribution in [3.63, 3.8) is 0 Å². The van der Waals surface area contributed by atoms with Gasteiger partial charge in [0.1, 0.15) is 5.60 Å². The number of carboxylic acid groups (broad SMARTS) is 1. The minimum absolute atomic E-state index is 0.195. The Hall–Kier alpha value is -2.14. The van der Waals surface area contributed by atoms with Gasteiger partial charge in [0.05, 0.1) is 18.6 Å². The van der Waals surface area contributed by atoms with E-state index in [9.17, 15) is 14.7 Å². The standard InChI is InChI=1S/C16H15NO4/c1-9-2-4-10(5-3-9)17-8-16-7-6-11(21-16)12(15(19)20)13(16)14(17)18/h2-7,11-13H,8H2,1H3,(H,19,20)/p-1/t11-,12-,13-,16-/m0/s1. The third-order valence-electron chi connectivity index (χ3n) is 4.72. The van der Waals surface area contributed by atoms with Crippen molar-refractivity contribution in [2.75, 3.05) is 11.4 Å². The molecule has 3 aliphatic rings. The van der Waals surface area contributed by atoms with Gasteiger partial charge in [-0.2, -0.15) is 0 Å². The molecule has 0 saturated carbocycles. The third-order valence-corrected chi connectivity index (χ3v) is 4.72. The van der Waals surface area contributed by atoms with Gasteiger partial charge in [-0.25, -0.2) is 0 Å². The fourth-order valence-electron chi connectivity index (χ4n) is 3.71. The quantitative estimate of drug-likeness (QED) is 0.719. The Morgan fingerprint density at radius 3 is 2.76 bits per heavy atom. The van der Waals surface area contributed by atoms with E-state index in [1.165, 1.54) is 0 Å². The Labute approximate surface area is 121 Å². The molecule has 4 atom stereocenters. The summed E-state index contributed by atoms with van der Waals surface area (Å²) in [6, 6.07) is 7.60. The van der Waals surface area contributed by atoms with Crippen LogP contribution in [0.2, 0.25) is 0 Å². The molecule has 3 aliphatic heterocycles. The van der Waals surface area contributed by atoms with Gasteiger partial charge in [0, 0.05) is 17.6 Å². The molecule has 0 N–H and O–H groups in total. The van der Waals surface area contributed by atoms with Crippen LogP contribution in [0.4, 0.5) is 5.69 Å². The summed E-state index contributed by atoms with van der Waals surface area (Å²) in [5.41, 5.74) is 1.07. The molecule has 1 aromatic carbocycles. The lowest BCUT2D eigenvalue weighted by Gasteiger charge is -2.24. The van der Waals surface area contributed by atoms with Crippen LogP contribution < -0.4 is 10.0 Å². The van der Waals surface area contributed by atoms with Gasteiger partial charge in [-0.15, -0.1) is 0 Å². The Morgan fingerprint density at radius 1 is 1.38 bits per heavy atom. The van der Waals surface area contributed by atoms with Gasteiger partial charge >= 0.3 is 0 Å². The van der Waals surface area contributed by atoms with Gasteiger partial charge in [-0.3, -0.25) is 4.79 Å². The van der Waals surface area contributed by atoms with E-state index in [2.05, 4.69) is 0 Å². The Balaban J connectivity index is 1.73. The summed E-state index contributed by atoms with van der Waals surface area (Å²) in [6.07, 6.45) is 3.04. The van der Waals surface area contributed by atoms with Crippen molar-refractivity contribution in [1.82, 2.24) is 0 Å². The SMILES string of the molecule is Cc1ccc(N2C[C@]34C=C[C@H](O3)[C@H](C(=O)[O-])[C@H]4C2=O)cc1. The second-order valence-electron chi connectivity index (χ2n) is 5.98. The Kier molecular flexibility index (Phi) is 2.37. The summed E-state index contributed by atoms with van der Waals surface area (Å²) in [6.45, 7) is 2.33. The zero-order valence-corrected chi connectivity index (χ0v) is 11.5. The summed E-state index contributed by atoms with van der Waals surface area (Å²) < 4.78 is 5.81. The van der Waals surface area contributed by atoms with E-state index < -0.39 is 29.5 Å². The van der Waals surface area contributed by atoms with E-state index in [0.717, 1.165) is 11.3 Å². The van der Waals surface area contributed by atoms with Crippen LogP contribution in [0.5, 0.6) is 0 Å². The summed E-state index contributed by atoms with van der Waals surface area (Å²) in [5, 5.41) is 11.4. The van der Waals surface area contributed by atoms with Crippen LogP contribution in [0.1, 0.15) is 5.56 Å². The maximum absolute atomic E-state index is 12.7. The van der Waals surface area contributed by atoms with Gasteiger partial charge in [-0.05, 0) is 19.1 Å². The summed E-state index contributed by atoms with van der Waals surface area (Å²) >= 11 is 0. The molecule has 0 aromatic heterocycles. The predicted molar refractivity (Wildman–Crippen MR) is 72.3 cm³/mol. The van der Waals surface area contributed by atoms with Gasteiger partial charge < -0.3 is 19.5 Å². The smallest absolute Gasteiger partial charge is 0.234 e. The highest BCUT2D eigenvalue weighted by Gasteiger charge is 2.65. The molecule has 2 bridgehead atoms. The fraction of sp³-hybridized carbons (Fsp3) is 0.375. The van der Waals surface area contributed by atoms with Crippen molar-refractivity contribution in [2.45, 2.75) is 18.6 Å². The first-order valence-electron chi connectivity index (χ1n) is 6.98. The number of hydrogen-bond acceptors (Lipinski definition) is 4. The summed E-state index contributed by atoms with van der Waals surface area (Å²) in [4.78, 5) is 25.7. The van der Waals surface area contributed by atoms with E-state index >= 15 is 0 Å². The van der Waals surface area contributed by atoms with Crippen LogP contribution in [0.3, 0.4) is 0 Å². The number of rotatable bonds is 2. The number of nitrogens with zero attached hydrogens (tertiary/aromatic N) is 1. The number of amides is 1. The second-order valence-corrected chi connectivity index (χ2v) is 5.98. The Bertz CT molecular complexity index is 665. The predicted octanol–water partition coefficient (Wildman–Crippen LogP) is 0.0313. The first kappa shape index (κ1) is 12.6.